The minimum atomic E-state index is -0.333. The number of carbonyl (C=O) groups is 1. The number of anilines is 1. The minimum absolute atomic E-state index is 0.208. The fourth-order valence-electron chi connectivity index (χ4n) is 2.19. The first-order chi connectivity index (χ1) is 11.5. The van der Waals surface area contributed by atoms with Crippen LogP contribution in [0, 0.1) is 6.92 Å². The van der Waals surface area contributed by atoms with Crippen LogP contribution >= 0.6 is 11.6 Å². The van der Waals surface area contributed by atoms with Crippen molar-refractivity contribution in [2.45, 2.75) is 13.5 Å². The van der Waals surface area contributed by atoms with E-state index in [9.17, 15) is 4.79 Å². The Bertz CT molecular complexity index is 870. The molecule has 0 spiro atoms. The number of aromatic nitrogens is 2. The maximum atomic E-state index is 12.2. The third-order valence-electron chi connectivity index (χ3n) is 3.32. The molecular formula is C17H16ClN3O3. The van der Waals surface area contributed by atoms with Crippen LogP contribution in [0.4, 0.5) is 5.69 Å². The lowest BCUT2D eigenvalue weighted by Crippen LogP contribution is -2.11. The Morgan fingerprint density at radius 2 is 2.21 bits per heavy atom. The molecule has 2 heterocycles. The molecule has 0 bridgehead atoms. The Balaban J connectivity index is 1.62. The highest BCUT2D eigenvalue weighted by molar-refractivity contribution is 6.30. The summed E-state index contributed by atoms with van der Waals surface area (Å²) in [6, 6.07) is 10.4. The fraction of sp³-hybridized carbons (Fsp3) is 0.176. The number of hydrogen-bond acceptors (Lipinski definition) is 4. The van der Waals surface area contributed by atoms with Crippen LogP contribution in [-0.4, -0.2) is 15.7 Å². The first-order valence-electron chi connectivity index (χ1n) is 7.30. The Morgan fingerprint density at radius 1 is 1.38 bits per heavy atom. The zero-order chi connectivity index (χ0) is 17.1. The van der Waals surface area contributed by atoms with E-state index in [1.54, 1.807) is 54.3 Å². The number of nitrogens with one attached hydrogen (secondary N) is 1. The van der Waals surface area contributed by atoms with Gasteiger partial charge in [-0.25, -0.2) is 0 Å². The first-order valence-corrected chi connectivity index (χ1v) is 7.68. The molecule has 24 heavy (non-hydrogen) atoms. The number of hydrogen-bond donors (Lipinski definition) is 1. The SMILES string of the molecule is Cc1nn(C)cc1NC(=O)c1ccc(COc2cccc(Cl)c2)o1. The van der Waals surface area contributed by atoms with E-state index in [4.69, 9.17) is 20.8 Å². The summed E-state index contributed by atoms with van der Waals surface area (Å²) in [6.45, 7) is 2.03. The molecule has 3 aromatic rings. The van der Waals surface area contributed by atoms with Gasteiger partial charge in [0.05, 0.1) is 11.4 Å². The molecule has 0 fully saturated rings. The Morgan fingerprint density at radius 3 is 2.92 bits per heavy atom. The Kier molecular flexibility index (Phi) is 4.57. The van der Waals surface area contributed by atoms with Crippen molar-refractivity contribution in [1.29, 1.82) is 0 Å². The van der Waals surface area contributed by atoms with Crippen LogP contribution < -0.4 is 10.1 Å². The van der Waals surface area contributed by atoms with Gasteiger partial charge in [0.2, 0.25) is 0 Å². The van der Waals surface area contributed by atoms with Crippen molar-refractivity contribution >= 4 is 23.2 Å². The van der Waals surface area contributed by atoms with E-state index >= 15 is 0 Å². The van der Waals surface area contributed by atoms with Crippen LogP contribution in [0.1, 0.15) is 22.0 Å². The van der Waals surface area contributed by atoms with Gasteiger partial charge in [-0.2, -0.15) is 5.10 Å². The van der Waals surface area contributed by atoms with E-state index in [0.717, 1.165) is 5.69 Å². The van der Waals surface area contributed by atoms with Gasteiger partial charge in [0.25, 0.3) is 5.91 Å². The van der Waals surface area contributed by atoms with E-state index < -0.39 is 0 Å². The van der Waals surface area contributed by atoms with Gasteiger partial charge < -0.3 is 14.5 Å². The molecule has 1 amide bonds. The fourth-order valence-corrected chi connectivity index (χ4v) is 2.38. The van der Waals surface area contributed by atoms with Crippen LogP contribution in [0.15, 0.2) is 47.0 Å². The zero-order valence-electron chi connectivity index (χ0n) is 13.2. The van der Waals surface area contributed by atoms with Crippen molar-refractivity contribution in [3.63, 3.8) is 0 Å². The van der Waals surface area contributed by atoms with Crippen LogP contribution in [0.25, 0.3) is 0 Å². The average molecular weight is 346 g/mol. The number of ether oxygens (including phenoxy) is 1. The van der Waals surface area contributed by atoms with Crippen LogP contribution in [0.3, 0.4) is 0 Å². The molecule has 1 aromatic carbocycles. The molecule has 1 N–H and O–H groups in total. The van der Waals surface area contributed by atoms with Gasteiger partial charge in [-0.15, -0.1) is 0 Å². The molecule has 0 saturated heterocycles. The summed E-state index contributed by atoms with van der Waals surface area (Å²) in [4.78, 5) is 12.2. The van der Waals surface area contributed by atoms with E-state index in [1.807, 2.05) is 6.92 Å². The molecule has 2 aromatic heterocycles. The lowest BCUT2D eigenvalue weighted by Gasteiger charge is -2.04. The van der Waals surface area contributed by atoms with Gasteiger partial charge in [-0.1, -0.05) is 17.7 Å². The summed E-state index contributed by atoms with van der Waals surface area (Å²) in [5.74, 6) is 1.06. The van der Waals surface area contributed by atoms with Gasteiger partial charge in [-0.3, -0.25) is 9.48 Å². The third kappa shape index (κ3) is 3.78. The van der Waals surface area contributed by atoms with Gasteiger partial charge in [0.15, 0.2) is 5.76 Å². The minimum Gasteiger partial charge on any atom is -0.486 e. The molecule has 0 aliphatic heterocycles. The molecule has 0 unspecified atom stereocenters. The van der Waals surface area contributed by atoms with Crippen molar-refractivity contribution < 1.29 is 13.9 Å². The van der Waals surface area contributed by atoms with Crippen LogP contribution in [0.5, 0.6) is 5.75 Å². The summed E-state index contributed by atoms with van der Waals surface area (Å²) in [5, 5.41) is 7.54. The Hall–Kier alpha value is -2.73. The maximum absolute atomic E-state index is 12.2. The van der Waals surface area contributed by atoms with Crippen molar-refractivity contribution in [3.05, 3.63) is 64.8 Å². The van der Waals surface area contributed by atoms with E-state index in [2.05, 4.69) is 10.4 Å². The Labute approximate surface area is 144 Å². The van der Waals surface area contributed by atoms with E-state index in [0.29, 0.717) is 22.2 Å². The quantitative estimate of drug-likeness (QED) is 0.763. The number of furan rings is 1. The van der Waals surface area contributed by atoms with Crippen LogP contribution in [-0.2, 0) is 13.7 Å². The normalized spacial score (nSPS) is 10.6. The molecule has 0 aliphatic rings. The smallest absolute Gasteiger partial charge is 0.291 e. The third-order valence-corrected chi connectivity index (χ3v) is 3.56. The molecule has 6 nitrogen and oxygen atoms in total. The molecule has 0 aliphatic carbocycles. The van der Waals surface area contributed by atoms with Crippen molar-refractivity contribution in [2.24, 2.45) is 7.05 Å². The predicted molar refractivity (Wildman–Crippen MR) is 90.4 cm³/mol. The standard InChI is InChI=1S/C17H16ClN3O3/c1-11-15(9-21(2)20-11)19-17(22)16-7-6-14(24-16)10-23-13-5-3-4-12(18)8-13/h3-9H,10H2,1-2H3,(H,19,22). The molecule has 7 heteroatoms. The van der Waals surface area contributed by atoms with Crippen molar-refractivity contribution in [1.82, 2.24) is 9.78 Å². The second kappa shape index (κ2) is 6.80. The first kappa shape index (κ1) is 16.1. The number of amides is 1. The number of carbonyl (C=O) groups excluding carboxylic acids is 1. The second-order valence-corrected chi connectivity index (χ2v) is 5.70. The van der Waals surface area contributed by atoms with E-state index in [-0.39, 0.29) is 18.3 Å². The van der Waals surface area contributed by atoms with Crippen molar-refractivity contribution in [3.8, 4) is 5.75 Å². The summed E-state index contributed by atoms with van der Waals surface area (Å²) in [7, 11) is 1.79. The van der Waals surface area contributed by atoms with Crippen molar-refractivity contribution in [2.75, 3.05) is 5.32 Å². The largest absolute Gasteiger partial charge is 0.486 e. The average Bonchev–Trinajstić information content (AvgIpc) is 3.12. The lowest BCUT2D eigenvalue weighted by molar-refractivity contribution is 0.0992. The number of nitrogens with zero attached hydrogens (tertiary/aromatic N) is 2. The number of benzene rings is 1. The van der Waals surface area contributed by atoms with Gasteiger partial charge >= 0.3 is 0 Å². The van der Waals surface area contributed by atoms with Gasteiger partial charge in [0.1, 0.15) is 18.1 Å². The zero-order valence-corrected chi connectivity index (χ0v) is 14.0. The summed E-state index contributed by atoms with van der Waals surface area (Å²) in [6.07, 6.45) is 1.74. The molecule has 0 saturated carbocycles. The number of aryl methyl sites for hydroxylation is 2. The topological polar surface area (TPSA) is 69.3 Å². The monoisotopic (exact) mass is 345 g/mol. The highest BCUT2D eigenvalue weighted by Crippen LogP contribution is 2.19. The number of rotatable bonds is 5. The molecule has 124 valence electrons. The highest BCUT2D eigenvalue weighted by Gasteiger charge is 2.14. The molecular weight excluding hydrogens is 330 g/mol. The molecule has 3 rings (SSSR count). The lowest BCUT2D eigenvalue weighted by atomic mass is 10.3. The predicted octanol–water partition coefficient (Wildman–Crippen LogP) is 3.81. The molecule has 0 atom stereocenters. The number of halogens is 1. The maximum Gasteiger partial charge on any atom is 0.291 e. The summed E-state index contributed by atoms with van der Waals surface area (Å²) < 4.78 is 12.7. The van der Waals surface area contributed by atoms with E-state index in [1.165, 1.54) is 0 Å². The van der Waals surface area contributed by atoms with Gasteiger partial charge in [0, 0.05) is 18.3 Å². The van der Waals surface area contributed by atoms with Crippen LogP contribution in [0.2, 0.25) is 5.02 Å². The molecule has 0 radical (unpaired) electrons. The summed E-state index contributed by atoms with van der Waals surface area (Å²) in [5.41, 5.74) is 1.39. The summed E-state index contributed by atoms with van der Waals surface area (Å²) >= 11 is 5.90. The highest BCUT2D eigenvalue weighted by atomic mass is 35.5. The van der Waals surface area contributed by atoms with Gasteiger partial charge in [-0.05, 0) is 37.3 Å². The second-order valence-electron chi connectivity index (χ2n) is 5.27.